The standard InChI is InChI=1S/C15H16FNS/c16-14-3-1-12(2-4-14)13-7-15(8-13)17-9-11-5-6-18-10-11/h1-6,10,13,15,17H,7-9H2. The molecular formula is C15H16FNS. The Morgan fingerprint density at radius 2 is 1.94 bits per heavy atom. The molecule has 94 valence electrons. The van der Waals surface area contributed by atoms with Crippen LogP contribution in [0.25, 0.3) is 0 Å². The third-order valence-electron chi connectivity index (χ3n) is 3.65. The quantitative estimate of drug-likeness (QED) is 0.879. The lowest BCUT2D eigenvalue weighted by Gasteiger charge is -2.36. The predicted molar refractivity (Wildman–Crippen MR) is 73.3 cm³/mol. The molecule has 0 amide bonds. The number of nitrogens with one attached hydrogen (secondary N) is 1. The molecule has 0 unspecified atom stereocenters. The first-order valence-corrected chi connectivity index (χ1v) is 7.25. The van der Waals surface area contributed by atoms with Gasteiger partial charge < -0.3 is 5.32 Å². The highest BCUT2D eigenvalue weighted by molar-refractivity contribution is 7.07. The Labute approximate surface area is 111 Å². The maximum Gasteiger partial charge on any atom is 0.123 e. The van der Waals surface area contributed by atoms with Crippen LogP contribution in [0.5, 0.6) is 0 Å². The molecule has 0 radical (unpaired) electrons. The fourth-order valence-corrected chi connectivity index (χ4v) is 3.12. The van der Waals surface area contributed by atoms with Gasteiger partial charge in [0.15, 0.2) is 0 Å². The molecular weight excluding hydrogens is 245 g/mol. The van der Waals surface area contributed by atoms with Gasteiger partial charge in [-0.2, -0.15) is 11.3 Å². The fourth-order valence-electron chi connectivity index (χ4n) is 2.45. The molecule has 3 rings (SSSR count). The van der Waals surface area contributed by atoms with Crippen LogP contribution < -0.4 is 5.32 Å². The SMILES string of the molecule is Fc1ccc(C2CC(NCc3ccsc3)C2)cc1. The maximum absolute atomic E-state index is 12.8. The van der Waals surface area contributed by atoms with Crippen LogP contribution in [-0.2, 0) is 6.54 Å². The minimum Gasteiger partial charge on any atom is -0.310 e. The molecule has 0 atom stereocenters. The number of benzene rings is 1. The highest BCUT2D eigenvalue weighted by Crippen LogP contribution is 2.36. The van der Waals surface area contributed by atoms with Crippen molar-refractivity contribution in [2.24, 2.45) is 0 Å². The van der Waals surface area contributed by atoms with Crippen LogP contribution in [0.1, 0.15) is 29.9 Å². The Hall–Kier alpha value is -1.19. The zero-order chi connectivity index (χ0) is 12.4. The molecule has 18 heavy (non-hydrogen) atoms. The molecule has 3 heteroatoms. The molecule has 1 heterocycles. The van der Waals surface area contributed by atoms with Gasteiger partial charge in [0.05, 0.1) is 0 Å². The Bertz CT molecular complexity index is 486. The minimum atomic E-state index is -0.148. The molecule has 1 fully saturated rings. The van der Waals surface area contributed by atoms with Gasteiger partial charge in [-0.25, -0.2) is 4.39 Å². The molecule has 0 bridgehead atoms. The summed E-state index contributed by atoms with van der Waals surface area (Å²) < 4.78 is 12.8. The fraction of sp³-hybridized carbons (Fsp3) is 0.333. The van der Waals surface area contributed by atoms with Crippen molar-refractivity contribution >= 4 is 11.3 Å². The lowest BCUT2D eigenvalue weighted by atomic mass is 9.76. The van der Waals surface area contributed by atoms with E-state index in [1.807, 2.05) is 12.1 Å². The van der Waals surface area contributed by atoms with Crippen molar-refractivity contribution in [3.05, 3.63) is 58.0 Å². The van der Waals surface area contributed by atoms with Gasteiger partial charge >= 0.3 is 0 Å². The molecule has 1 aliphatic rings. The van der Waals surface area contributed by atoms with Gasteiger partial charge in [0.25, 0.3) is 0 Å². The molecule has 1 aliphatic carbocycles. The summed E-state index contributed by atoms with van der Waals surface area (Å²) in [6.45, 7) is 0.963. The molecule has 2 aromatic rings. The summed E-state index contributed by atoms with van der Waals surface area (Å²) in [6.07, 6.45) is 2.32. The molecule has 0 saturated heterocycles. The van der Waals surface area contributed by atoms with Gasteiger partial charge in [0, 0.05) is 12.6 Å². The first-order valence-electron chi connectivity index (χ1n) is 6.31. The summed E-state index contributed by atoms with van der Waals surface area (Å²) in [5.41, 5.74) is 2.63. The van der Waals surface area contributed by atoms with Crippen molar-refractivity contribution < 1.29 is 4.39 Å². The van der Waals surface area contributed by atoms with Gasteiger partial charge in [-0.3, -0.25) is 0 Å². The van der Waals surface area contributed by atoms with Gasteiger partial charge in [-0.05, 0) is 58.8 Å². The molecule has 1 aromatic carbocycles. The van der Waals surface area contributed by atoms with Crippen molar-refractivity contribution in [3.63, 3.8) is 0 Å². The summed E-state index contributed by atoms with van der Waals surface area (Å²) in [5, 5.41) is 7.86. The third-order valence-corrected chi connectivity index (χ3v) is 4.39. The largest absolute Gasteiger partial charge is 0.310 e. The molecule has 1 N–H and O–H groups in total. The third kappa shape index (κ3) is 2.62. The predicted octanol–water partition coefficient (Wildman–Crippen LogP) is 3.92. The Morgan fingerprint density at radius 1 is 1.17 bits per heavy atom. The maximum atomic E-state index is 12.8. The van der Waals surface area contributed by atoms with E-state index in [1.165, 1.54) is 11.1 Å². The van der Waals surface area contributed by atoms with Crippen molar-refractivity contribution in [1.82, 2.24) is 5.32 Å². The van der Waals surface area contributed by atoms with Gasteiger partial charge in [0.1, 0.15) is 5.82 Å². The van der Waals surface area contributed by atoms with Crippen LogP contribution in [0, 0.1) is 5.82 Å². The second-order valence-corrected chi connectivity index (χ2v) is 5.71. The van der Waals surface area contributed by atoms with Crippen LogP contribution in [0.2, 0.25) is 0 Å². The monoisotopic (exact) mass is 261 g/mol. The number of hydrogen-bond donors (Lipinski definition) is 1. The van der Waals surface area contributed by atoms with E-state index < -0.39 is 0 Å². The smallest absolute Gasteiger partial charge is 0.123 e. The minimum absolute atomic E-state index is 0.148. The number of thiophene rings is 1. The molecule has 0 spiro atoms. The van der Waals surface area contributed by atoms with Crippen LogP contribution >= 0.6 is 11.3 Å². The van der Waals surface area contributed by atoms with Crippen LogP contribution in [-0.4, -0.2) is 6.04 Å². The lowest BCUT2D eigenvalue weighted by Crippen LogP contribution is -2.39. The number of hydrogen-bond acceptors (Lipinski definition) is 2. The lowest BCUT2D eigenvalue weighted by molar-refractivity contribution is 0.289. The van der Waals surface area contributed by atoms with Crippen molar-refractivity contribution in [1.29, 1.82) is 0 Å². The average molecular weight is 261 g/mol. The molecule has 1 nitrogen and oxygen atoms in total. The summed E-state index contributed by atoms with van der Waals surface area (Å²) in [4.78, 5) is 0. The van der Waals surface area contributed by atoms with E-state index in [4.69, 9.17) is 0 Å². The van der Waals surface area contributed by atoms with Gasteiger partial charge in [-0.15, -0.1) is 0 Å². The van der Waals surface area contributed by atoms with E-state index in [9.17, 15) is 4.39 Å². The van der Waals surface area contributed by atoms with Crippen LogP contribution in [0.3, 0.4) is 0 Å². The number of rotatable bonds is 4. The zero-order valence-electron chi connectivity index (χ0n) is 10.1. The second kappa shape index (κ2) is 5.21. The van der Waals surface area contributed by atoms with E-state index in [0.29, 0.717) is 12.0 Å². The van der Waals surface area contributed by atoms with E-state index in [2.05, 4.69) is 22.1 Å². The van der Waals surface area contributed by atoms with Crippen LogP contribution in [0.15, 0.2) is 41.1 Å². The Morgan fingerprint density at radius 3 is 2.61 bits per heavy atom. The van der Waals surface area contributed by atoms with E-state index in [0.717, 1.165) is 19.4 Å². The molecule has 0 aliphatic heterocycles. The van der Waals surface area contributed by atoms with Gasteiger partial charge in [0.2, 0.25) is 0 Å². The summed E-state index contributed by atoms with van der Waals surface area (Å²) >= 11 is 1.74. The molecule has 1 aromatic heterocycles. The van der Waals surface area contributed by atoms with Gasteiger partial charge in [-0.1, -0.05) is 12.1 Å². The van der Waals surface area contributed by atoms with E-state index in [-0.39, 0.29) is 5.82 Å². The Balaban J connectivity index is 1.47. The van der Waals surface area contributed by atoms with Crippen molar-refractivity contribution in [3.8, 4) is 0 Å². The number of halogens is 1. The average Bonchev–Trinajstić information content (AvgIpc) is 2.82. The summed E-state index contributed by atoms with van der Waals surface area (Å²) in [6, 6.07) is 9.71. The first-order chi connectivity index (χ1) is 8.81. The van der Waals surface area contributed by atoms with Crippen LogP contribution in [0.4, 0.5) is 4.39 Å². The highest BCUT2D eigenvalue weighted by Gasteiger charge is 2.29. The van der Waals surface area contributed by atoms with E-state index in [1.54, 1.807) is 23.5 Å². The highest BCUT2D eigenvalue weighted by atomic mass is 32.1. The zero-order valence-corrected chi connectivity index (χ0v) is 10.9. The Kier molecular flexibility index (Phi) is 3.43. The van der Waals surface area contributed by atoms with Crippen molar-refractivity contribution in [2.45, 2.75) is 31.3 Å². The van der Waals surface area contributed by atoms with Crippen molar-refractivity contribution in [2.75, 3.05) is 0 Å². The topological polar surface area (TPSA) is 12.0 Å². The summed E-state index contributed by atoms with van der Waals surface area (Å²) in [5.74, 6) is 0.454. The normalized spacial score (nSPS) is 22.7. The second-order valence-electron chi connectivity index (χ2n) is 4.93. The van der Waals surface area contributed by atoms with E-state index >= 15 is 0 Å². The molecule has 1 saturated carbocycles. The summed E-state index contributed by atoms with van der Waals surface area (Å²) in [7, 11) is 0. The first kappa shape index (κ1) is 11.9.